The fourth-order valence-electron chi connectivity index (χ4n) is 3.44. The number of anilines is 2. The minimum Gasteiger partial charge on any atom is -0.496 e. The molecular weight excluding hydrogens is 332 g/mol. The maximum atomic E-state index is 12.5. The van der Waals surface area contributed by atoms with Crippen molar-refractivity contribution in [3.63, 3.8) is 0 Å². The molecular formula is C19H20N4O3. The van der Waals surface area contributed by atoms with Gasteiger partial charge in [0.1, 0.15) is 11.6 Å². The molecule has 134 valence electrons. The number of hydrogen-bond acceptors (Lipinski definition) is 5. The van der Waals surface area contributed by atoms with E-state index in [0.717, 1.165) is 30.6 Å². The molecule has 0 atom stereocenters. The van der Waals surface area contributed by atoms with E-state index in [1.54, 1.807) is 13.2 Å². The zero-order chi connectivity index (χ0) is 18.1. The predicted octanol–water partition coefficient (Wildman–Crippen LogP) is 1.87. The van der Waals surface area contributed by atoms with Crippen LogP contribution in [0.3, 0.4) is 0 Å². The number of hydrogen-bond donors (Lipinski definition) is 3. The fraction of sp³-hybridized carbons (Fsp3) is 0.316. The summed E-state index contributed by atoms with van der Waals surface area (Å²) < 4.78 is 5.48. The third-order valence-electron chi connectivity index (χ3n) is 4.77. The quantitative estimate of drug-likeness (QED) is 0.781. The van der Waals surface area contributed by atoms with Crippen LogP contribution in [0.2, 0.25) is 0 Å². The third-order valence-corrected chi connectivity index (χ3v) is 4.77. The Bertz CT molecular complexity index is 895. The van der Waals surface area contributed by atoms with E-state index in [4.69, 9.17) is 4.74 Å². The highest BCUT2D eigenvalue weighted by atomic mass is 16.5. The Morgan fingerprint density at radius 1 is 1.27 bits per heavy atom. The van der Waals surface area contributed by atoms with Crippen molar-refractivity contribution >= 4 is 23.3 Å². The van der Waals surface area contributed by atoms with E-state index in [2.05, 4.69) is 33.1 Å². The average Bonchev–Trinajstić information content (AvgIpc) is 3.11. The molecule has 0 unspecified atom stereocenters. The third kappa shape index (κ3) is 3.08. The molecule has 0 radical (unpaired) electrons. The van der Waals surface area contributed by atoms with Crippen LogP contribution in [0.4, 0.5) is 11.5 Å². The molecule has 2 aliphatic rings. The Kier molecular flexibility index (Phi) is 4.20. The minimum absolute atomic E-state index is 0.153. The molecule has 7 heteroatoms. The lowest BCUT2D eigenvalue weighted by molar-refractivity contribution is -0.114. The number of pyridine rings is 1. The maximum absolute atomic E-state index is 12.5. The molecule has 3 N–H and O–H groups in total. The second-order valence-corrected chi connectivity index (χ2v) is 6.49. The zero-order valence-corrected chi connectivity index (χ0v) is 14.5. The molecule has 2 heterocycles. The normalized spacial score (nSPS) is 14.7. The van der Waals surface area contributed by atoms with Crippen LogP contribution < -0.4 is 20.7 Å². The van der Waals surface area contributed by atoms with E-state index < -0.39 is 0 Å². The maximum Gasteiger partial charge on any atom is 0.253 e. The van der Waals surface area contributed by atoms with Crippen LogP contribution in [-0.4, -0.2) is 30.5 Å². The first-order chi connectivity index (χ1) is 12.6. The van der Waals surface area contributed by atoms with Gasteiger partial charge in [0.15, 0.2) is 0 Å². The van der Waals surface area contributed by atoms with Crippen LogP contribution in [0, 0.1) is 0 Å². The summed E-state index contributed by atoms with van der Waals surface area (Å²) in [6.07, 6.45) is 4.81. The Hall–Kier alpha value is -3.09. The highest BCUT2D eigenvalue weighted by Crippen LogP contribution is 2.30. The number of aryl methyl sites for hydroxylation is 2. The lowest BCUT2D eigenvalue weighted by atomic mass is 10.0. The van der Waals surface area contributed by atoms with Gasteiger partial charge in [-0.1, -0.05) is 6.07 Å². The second kappa shape index (κ2) is 6.67. The Balaban J connectivity index is 1.49. The number of aromatic nitrogens is 1. The number of amides is 2. The van der Waals surface area contributed by atoms with Gasteiger partial charge >= 0.3 is 0 Å². The number of carbonyl (C=O) groups is 2. The van der Waals surface area contributed by atoms with E-state index >= 15 is 0 Å². The highest BCUT2D eigenvalue weighted by molar-refractivity contribution is 6.02. The molecule has 1 aromatic heterocycles. The molecule has 0 saturated carbocycles. The van der Waals surface area contributed by atoms with Crippen molar-refractivity contribution in [2.24, 2.45) is 0 Å². The average molecular weight is 352 g/mol. The van der Waals surface area contributed by atoms with Crippen molar-refractivity contribution in [1.29, 1.82) is 0 Å². The number of benzene rings is 1. The number of carbonyl (C=O) groups excluding carboxylic acids is 2. The van der Waals surface area contributed by atoms with Crippen LogP contribution in [0.5, 0.6) is 5.75 Å². The van der Waals surface area contributed by atoms with Gasteiger partial charge in [-0.3, -0.25) is 9.59 Å². The van der Waals surface area contributed by atoms with Crippen molar-refractivity contribution in [2.45, 2.75) is 25.8 Å². The highest BCUT2D eigenvalue weighted by Gasteiger charge is 2.19. The molecule has 7 nitrogen and oxygen atoms in total. The van der Waals surface area contributed by atoms with E-state index in [1.165, 1.54) is 17.3 Å². The van der Waals surface area contributed by atoms with Crippen LogP contribution in [-0.2, 0) is 24.2 Å². The fourth-order valence-corrected chi connectivity index (χ4v) is 3.44. The van der Waals surface area contributed by atoms with E-state index in [-0.39, 0.29) is 18.4 Å². The Morgan fingerprint density at radius 3 is 2.88 bits per heavy atom. The van der Waals surface area contributed by atoms with Gasteiger partial charge in [0, 0.05) is 18.3 Å². The van der Waals surface area contributed by atoms with Crippen molar-refractivity contribution in [1.82, 2.24) is 10.3 Å². The molecule has 26 heavy (non-hydrogen) atoms. The van der Waals surface area contributed by atoms with Gasteiger partial charge in [-0.2, -0.15) is 0 Å². The predicted molar refractivity (Wildman–Crippen MR) is 97.5 cm³/mol. The van der Waals surface area contributed by atoms with Gasteiger partial charge in [0.25, 0.3) is 5.91 Å². The number of nitrogens with one attached hydrogen (secondary N) is 3. The van der Waals surface area contributed by atoms with E-state index in [0.29, 0.717) is 23.6 Å². The molecule has 1 aliphatic carbocycles. The van der Waals surface area contributed by atoms with Crippen LogP contribution in [0.15, 0.2) is 24.4 Å². The van der Waals surface area contributed by atoms with Gasteiger partial charge in [0.2, 0.25) is 5.91 Å². The second-order valence-electron chi connectivity index (χ2n) is 6.49. The number of fused-ring (bicyclic) bond motifs is 2. The molecule has 4 rings (SSSR count). The van der Waals surface area contributed by atoms with Crippen LogP contribution in [0.25, 0.3) is 0 Å². The first-order valence-electron chi connectivity index (χ1n) is 8.64. The lowest BCUT2D eigenvalue weighted by Crippen LogP contribution is -2.29. The summed E-state index contributed by atoms with van der Waals surface area (Å²) in [5.41, 5.74) is 4.54. The number of nitrogens with zero attached hydrogens (tertiary/aromatic N) is 1. The summed E-state index contributed by atoms with van der Waals surface area (Å²) in [6, 6.07) is 5.82. The molecule has 1 aliphatic heterocycles. The summed E-state index contributed by atoms with van der Waals surface area (Å²) in [6.45, 7) is 0.556. The monoisotopic (exact) mass is 352 g/mol. The number of methoxy groups -OCH3 is 1. The van der Waals surface area contributed by atoms with Crippen molar-refractivity contribution in [3.8, 4) is 5.75 Å². The van der Waals surface area contributed by atoms with Crippen molar-refractivity contribution in [3.05, 3.63) is 46.6 Å². The summed E-state index contributed by atoms with van der Waals surface area (Å²) in [5.74, 6) is 0.967. The molecule has 2 aromatic rings. The molecule has 0 saturated heterocycles. The van der Waals surface area contributed by atoms with Crippen LogP contribution >= 0.6 is 0 Å². The lowest BCUT2D eigenvalue weighted by Gasteiger charge is -2.18. The van der Waals surface area contributed by atoms with Gasteiger partial charge in [0.05, 0.1) is 24.9 Å². The first-order valence-corrected chi connectivity index (χ1v) is 8.64. The number of rotatable bonds is 4. The first kappa shape index (κ1) is 16.4. The standard InChI is InChI=1S/C19H20N4O3/c1-26-16-7-12-4-2-3-11(12)5-13(16)8-22-19(25)14-6-15-18(20-9-14)21-10-17(24)23-15/h5-7,9H,2-4,8,10H2,1H3,(H,20,21)(H,22,25)(H,23,24). The number of ether oxygens (including phenoxy) is 1. The molecule has 2 amide bonds. The largest absolute Gasteiger partial charge is 0.496 e. The summed E-state index contributed by atoms with van der Waals surface area (Å²) in [4.78, 5) is 28.2. The zero-order valence-electron chi connectivity index (χ0n) is 14.5. The van der Waals surface area contributed by atoms with Gasteiger partial charge < -0.3 is 20.7 Å². The van der Waals surface area contributed by atoms with E-state index in [1.807, 2.05) is 0 Å². The van der Waals surface area contributed by atoms with E-state index in [9.17, 15) is 9.59 Å². The SMILES string of the molecule is COc1cc2c(cc1CNC(=O)c1cnc3c(c1)NC(=O)CN3)CCC2. The molecule has 0 bridgehead atoms. The molecule has 1 aromatic carbocycles. The summed E-state index contributed by atoms with van der Waals surface area (Å²) in [7, 11) is 1.64. The molecule has 0 fully saturated rings. The van der Waals surface area contributed by atoms with Crippen molar-refractivity contribution < 1.29 is 14.3 Å². The van der Waals surface area contributed by atoms with Gasteiger partial charge in [-0.05, 0) is 42.5 Å². The molecule has 0 spiro atoms. The smallest absolute Gasteiger partial charge is 0.253 e. The van der Waals surface area contributed by atoms with Crippen molar-refractivity contribution in [2.75, 3.05) is 24.3 Å². The van der Waals surface area contributed by atoms with Gasteiger partial charge in [-0.25, -0.2) is 4.98 Å². The topological polar surface area (TPSA) is 92.3 Å². The summed E-state index contributed by atoms with van der Waals surface area (Å²) in [5, 5.41) is 8.52. The van der Waals surface area contributed by atoms with Crippen LogP contribution in [0.1, 0.15) is 33.5 Å². The minimum atomic E-state index is -0.248. The van der Waals surface area contributed by atoms with Gasteiger partial charge in [-0.15, -0.1) is 0 Å². The summed E-state index contributed by atoms with van der Waals surface area (Å²) >= 11 is 0. The Labute approximate surface area is 151 Å². The Morgan fingerprint density at radius 2 is 2.08 bits per heavy atom.